The van der Waals surface area contributed by atoms with Crippen LogP contribution in [0.25, 0.3) is 11.0 Å². The number of rotatable bonds is 8. The number of aryl methyl sites for hydroxylation is 3. The standard InChI is InChI=1S/C26H28N4O2/c1-18-15-19(2)17-21(16-18)32-14-8-13-30-24-11-5-4-9-22(24)29-25(30)20(3)28-26(31)23-10-6-7-12-27-23/h4-7,9-12,15-17,20H,8,13-14H2,1-3H3,(H,28,31). The molecule has 0 aliphatic carbocycles. The van der Waals surface area contributed by atoms with Crippen LogP contribution in [-0.4, -0.2) is 27.0 Å². The maximum absolute atomic E-state index is 12.6. The van der Waals surface area contributed by atoms with Crippen LogP contribution in [0, 0.1) is 13.8 Å². The first kappa shape index (κ1) is 21.6. The van der Waals surface area contributed by atoms with Crippen molar-refractivity contribution in [1.29, 1.82) is 0 Å². The number of carbonyl (C=O) groups is 1. The third-order valence-corrected chi connectivity index (χ3v) is 5.31. The summed E-state index contributed by atoms with van der Waals surface area (Å²) in [7, 11) is 0. The Morgan fingerprint density at radius 2 is 1.81 bits per heavy atom. The zero-order chi connectivity index (χ0) is 22.5. The minimum Gasteiger partial charge on any atom is -0.494 e. The molecule has 4 rings (SSSR count). The molecule has 6 nitrogen and oxygen atoms in total. The fourth-order valence-corrected chi connectivity index (χ4v) is 3.92. The summed E-state index contributed by atoms with van der Waals surface area (Å²) in [5, 5.41) is 3.03. The smallest absolute Gasteiger partial charge is 0.270 e. The lowest BCUT2D eigenvalue weighted by molar-refractivity contribution is 0.0932. The molecule has 0 aliphatic heterocycles. The quantitative estimate of drug-likeness (QED) is 0.401. The molecule has 0 saturated heterocycles. The number of para-hydroxylation sites is 2. The van der Waals surface area contributed by atoms with Crippen LogP contribution in [0.15, 0.2) is 66.9 Å². The summed E-state index contributed by atoms with van der Waals surface area (Å²) in [5.41, 5.74) is 4.74. The summed E-state index contributed by atoms with van der Waals surface area (Å²) in [4.78, 5) is 21.5. The van der Waals surface area contributed by atoms with E-state index < -0.39 is 0 Å². The van der Waals surface area contributed by atoms with Crippen molar-refractivity contribution in [1.82, 2.24) is 19.9 Å². The highest BCUT2D eigenvalue weighted by molar-refractivity contribution is 5.92. The highest BCUT2D eigenvalue weighted by Gasteiger charge is 2.19. The van der Waals surface area contributed by atoms with Gasteiger partial charge in [0.1, 0.15) is 17.3 Å². The zero-order valence-corrected chi connectivity index (χ0v) is 18.7. The van der Waals surface area contributed by atoms with Crippen molar-refractivity contribution < 1.29 is 9.53 Å². The lowest BCUT2D eigenvalue weighted by Crippen LogP contribution is -2.29. The number of hydrogen-bond acceptors (Lipinski definition) is 4. The molecule has 2 aromatic carbocycles. The van der Waals surface area contributed by atoms with E-state index in [0.29, 0.717) is 12.3 Å². The fourth-order valence-electron chi connectivity index (χ4n) is 3.92. The van der Waals surface area contributed by atoms with Crippen molar-refractivity contribution in [3.8, 4) is 5.75 Å². The number of hydrogen-bond donors (Lipinski definition) is 1. The molecule has 0 saturated carbocycles. The molecule has 2 aromatic heterocycles. The van der Waals surface area contributed by atoms with Crippen molar-refractivity contribution >= 4 is 16.9 Å². The second-order valence-corrected chi connectivity index (χ2v) is 8.05. The van der Waals surface area contributed by atoms with Gasteiger partial charge >= 0.3 is 0 Å². The Morgan fingerprint density at radius 3 is 2.56 bits per heavy atom. The van der Waals surface area contributed by atoms with Crippen LogP contribution in [0.3, 0.4) is 0 Å². The number of fused-ring (bicyclic) bond motifs is 1. The van der Waals surface area contributed by atoms with Gasteiger partial charge in [-0.25, -0.2) is 4.98 Å². The first-order valence-corrected chi connectivity index (χ1v) is 10.9. The summed E-state index contributed by atoms with van der Waals surface area (Å²) in [5.74, 6) is 1.51. The Hall–Kier alpha value is -3.67. The SMILES string of the molecule is Cc1cc(C)cc(OCCCn2c(C(C)NC(=O)c3ccccn3)nc3ccccc32)c1. The molecule has 1 N–H and O–H groups in total. The number of pyridine rings is 1. The summed E-state index contributed by atoms with van der Waals surface area (Å²) < 4.78 is 8.16. The van der Waals surface area contributed by atoms with E-state index in [1.807, 2.05) is 25.1 Å². The molecule has 6 heteroatoms. The first-order valence-electron chi connectivity index (χ1n) is 10.9. The number of aromatic nitrogens is 3. The van der Waals surface area contributed by atoms with Crippen LogP contribution >= 0.6 is 0 Å². The Morgan fingerprint density at radius 1 is 1.06 bits per heavy atom. The van der Waals surface area contributed by atoms with Gasteiger partial charge in [0.05, 0.1) is 23.7 Å². The molecule has 0 aliphatic rings. The third kappa shape index (κ3) is 4.97. The Balaban J connectivity index is 1.48. The van der Waals surface area contributed by atoms with Gasteiger partial charge in [-0.05, 0) is 74.7 Å². The number of carbonyl (C=O) groups excluding carboxylic acids is 1. The molecule has 1 unspecified atom stereocenters. The highest BCUT2D eigenvalue weighted by Crippen LogP contribution is 2.22. The van der Waals surface area contributed by atoms with Crippen LogP contribution in [-0.2, 0) is 6.54 Å². The van der Waals surface area contributed by atoms with Gasteiger partial charge in [0.25, 0.3) is 5.91 Å². The Labute approximate surface area is 188 Å². The normalized spacial score (nSPS) is 12.0. The molecular formula is C26H28N4O2. The third-order valence-electron chi connectivity index (χ3n) is 5.31. The number of nitrogens with one attached hydrogen (secondary N) is 1. The molecule has 1 atom stereocenters. The summed E-state index contributed by atoms with van der Waals surface area (Å²) in [6.45, 7) is 7.44. The number of amides is 1. The van der Waals surface area contributed by atoms with Gasteiger partial charge in [-0.15, -0.1) is 0 Å². The number of benzene rings is 2. The van der Waals surface area contributed by atoms with Gasteiger partial charge in [0.2, 0.25) is 0 Å². The van der Waals surface area contributed by atoms with Gasteiger partial charge < -0.3 is 14.6 Å². The van der Waals surface area contributed by atoms with E-state index in [1.165, 1.54) is 11.1 Å². The molecule has 0 fully saturated rings. The molecule has 4 aromatic rings. The van der Waals surface area contributed by atoms with Crippen molar-refractivity contribution in [2.75, 3.05) is 6.61 Å². The van der Waals surface area contributed by atoms with Crippen LogP contribution in [0.5, 0.6) is 5.75 Å². The van der Waals surface area contributed by atoms with Crippen LogP contribution in [0.1, 0.15) is 46.8 Å². The lowest BCUT2D eigenvalue weighted by Gasteiger charge is -2.16. The monoisotopic (exact) mass is 428 g/mol. The van der Waals surface area contributed by atoms with Crippen LogP contribution in [0.2, 0.25) is 0 Å². The molecule has 0 spiro atoms. The van der Waals surface area contributed by atoms with Gasteiger partial charge in [-0.2, -0.15) is 0 Å². The van der Waals surface area contributed by atoms with Gasteiger partial charge in [0, 0.05) is 12.7 Å². The maximum Gasteiger partial charge on any atom is 0.270 e. The van der Waals surface area contributed by atoms with E-state index in [-0.39, 0.29) is 11.9 Å². The second-order valence-electron chi connectivity index (χ2n) is 8.05. The van der Waals surface area contributed by atoms with Crippen LogP contribution < -0.4 is 10.1 Å². The van der Waals surface area contributed by atoms with Gasteiger partial charge in [-0.1, -0.05) is 24.3 Å². The molecule has 0 radical (unpaired) electrons. The molecule has 0 bridgehead atoms. The molecule has 1 amide bonds. The number of ether oxygens (including phenoxy) is 1. The molecule has 32 heavy (non-hydrogen) atoms. The summed E-state index contributed by atoms with van der Waals surface area (Å²) in [6, 6.07) is 19.3. The maximum atomic E-state index is 12.6. The van der Waals surface area contributed by atoms with E-state index in [4.69, 9.17) is 9.72 Å². The first-order chi connectivity index (χ1) is 15.5. The minimum atomic E-state index is -0.266. The average molecular weight is 429 g/mol. The highest BCUT2D eigenvalue weighted by atomic mass is 16.5. The predicted octanol–water partition coefficient (Wildman–Crippen LogP) is 5.01. The fraction of sp³-hybridized carbons (Fsp3) is 0.269. The molecular weight excluding hydrogens is 400 g/mol. The topological polar surface area (TPSA) is 69.0 Å². The van der Waals surface area contributed by atoms with E-state index in [0.717, 1.165) is 35.6 Å². The lowest BCUT2D eigenvalue weighted by atomic mass is 10.1. The van der Waals surface area contributed by atoms with Crippen LogP contribution in [0.4, 0.5) is 0 Å². The predicted molar refractivity (Wildman–Crippen MR) is 126 cm³/mol. The Kier molecular flexibility index (Phi) is 6.50. The average Bonchev–Trinajstić information content (AvgIpc) is 3.15. The Bertz CT molecular complexity index is 1200. The largest absolute Gasteiger partial charge is 0.494 e. The minimum absolute atomic E-state index is 0.213. The summed E-state index contributed by atoms with van der Waals surface area (Å²) in [6.07, 6.45) is 2.44. The zero-order valence-electron chi connectivity index (χ0n) is 18.7. The van der Waals surface area contributed by atoms with Crippen molar-refractivity contribution in [3.63, 3.8) is 0 Å². The van der Waals surface area contributed by atoms with E-state index >= 15 is 0 Å². The van der Waals surface area contributed by atoms with Gasteiger partial charge in [-0.3, -0.25) is 9.78 Å². The van der Waals surface area contributed by atoms with Crippen molar-refractivity contribution in [3.05, 3.63) is 89.5 Å². The molecule has 2 heterocycles. The van der Waals surface area contributed by atoms with E-state index in [2.05, 4.69) is 53.0 Å². The van der Waals surface area contributed by atoms with Crippen molar-refractivity contribution in [2.45, 2.75) is 39.8 Å². The number of imidazole rings is 1. The second kappa shape index (κ2) is 9.64. The van der Waals surface area contributed by atoms with E-state index in [1.54, 1.807) is 24.4 Å². The van der Waals surface area contributed by atoms with Crippen molar-refractivity contribution in [2.24, 2.45) is 0 Å². The van der Waals surface area contributed by atoms with E-state index in [9.17, 15) is 4.79 Å². The van der Waals surface area contributed by atoms with Gasteiger partial charge in [0.15, 0.2) is 0 Å². The number of nitrogens with zero attached hydrogens (tertiary/aromatic N) is 3. The summed E-state index contributed by atoms with van der Waals surface area (Å²) >= 11 is 0. The molecule has 164 valence electrons.